The fourth-order valence-corrected chi connectivity index (χ4v) is 2.45. The average Bonchev–Trinajstić information content (AvgIpc) is 2.60. The Morgan fingerprint density at radius 1 is 1.12 bits per heavy atom. The van der Waals surface area contributed by atoms with Crippen LogP contribution in [0.3, 0.4) is 0 Å². The number of halogens is 1. The molecule has 25 heavy (non-hydrogen) atoms. The van der Waals surface area contributed by atoms with Crippen molar-refractivity contribution in [1.29, 1.82) is 0 Å². The van der Waals surface area contributed by atoms with Crippen molar-refractivity contribution in [1.82, 2.24) is 0 Å². The lowest BCUT2D eigenvalue weighted by Crippen LogP contribution is -2.35. The van der Waals surface area contributed by atoms with Gasteiger partial charge in [-0.15, -0.1) is 0 Å². The summed E-state index contributed by atoms with van der Waals surface area (Å²) >= 11 is 3.34. The number of carbonyl (C=O) groups is 2. The fraction of sp³-hybridized carbons (Fsp3) is 0.222. The maximum atomic E-state index is 12.5. The minimum absolute atomic E-state index is 0.277. The number of nitrogens with zero attached hydrogens (tertiary/aromatic N) is 1. The summed E-state index contributed by atoms with van der Waals surface area (Å²) in [5.74, 6) is 0.329. The highest BCUT2D eigenvalue weighted by Gasteiger charge is 2.17. The SMILES string of the molecule is CCOC(=O)Nc1cccc(OC(=O)N(CCBr)c2ccccc2)c1. The third kappa shape index (κ3) is 5.79. The molecular formula is C18H19BrN2O4. The van der Waals surface area contributed by atoms with E-state index < -0.39 is 12.2 Å². The number of nitrogens with one attached hydrogen (secondary N) is 1. The summed E-state index contributed by atoms with van der Waals surface area (Å²) < 4.78 is 10.3. The van der Waals surface area contributed by atoms with E-state index in [0.29, 0.717) is 23.3 Å². The molecule has 7 heteroatoms. The van der Waals surface area contributed by atoms with Gasteiger partial charge in [0.15, 0.2) is 0 Å². The van der Waals surface area contributed by atoms with Gasteiger partial charge in [-0.25, -0.2) is 9.59 Å². The van der Waals surface area contributed by atoms with Gasteiger partial charge in [-0.3, -0.25) is 10.2 Å². The predicted octanol–water partition coefficient (Wildman–Crippen LogP) is 4.66. The summed E-state index contributed by atoms with van der Waals surface area (Å²) in [5, 5.41) is 3.18. The number of rotatable bonds is 6. The Morgan fingerprint density at radius 3 is 2.56 bits per heavy atom. The van der Waals surface area contributed by atoms with E-state index in [2.05, 4.69) is 21.2 Å². The molecule has 132 valence electrons. The van der Waals surface area contributed by atoms with E-state index in [1.165, 1.54) is 4.90 Å². The lowest BCUT2D eigenvalue weighted by molar-refractivity contribution is 0.168. The highest BCUT2D eigenvalue weighted by molar-refractivity contribution is 9.09. The molecule has 2 aromatic rings. The number of hydrogen-bond donors (Lipinski definition) is 1. The number of alkyl halides is 1. The summed E-state index contributed by atoms with van der Waals surface area (Å²) in [6.07, 6.45) is -1.06. The fourth-order valence-electron chi connectivity index (χ4n) is 2.10. The minimum Gasteiger partial charge on any atom is -0.450 e. The van der Waals surface area contributed by atoms with Crippen molar-refractivity contribution >= 4 is 39.5 Å². The van der Waals surface area contributed by atoms with Gasteiger partial charge < -0.3 is 9.47 Å². The molecular weight excluding hydrogens is 388 g/mol. The molecule has 0 fully saturated rings. The zero-order chi connectivity index (χ0) is 18.1. The number of hydrogen-bond acceptors (Lipinski definition) is 4. The smallest absolute Gasteiger partial charge is 0.419 e. The molecule has 0 unspecified atom stereocenters. The molecule has 0 atom stereocenters. The second-order valence-corrected chi connectivity index (χ2v) is 5.71. The van der Waals surface area contributed by atoms with E-state index in [1.54, 1.807) is 31.2 Å². The second-order valence-electron chi connectivity index (χ2n) is 4.92. The van der Waals surface area contributed by atoms with Crippen LogP contribution in [0, 0.1) is 0 Å². The van der Waals surface area contributed by atoms with Crippen LogP contribution >= 0.6 is 15.9 Å². The summed E-state index contributed by atoms with van der Waals surface area (Å²) in [5.41, 5.74) is 1.23. The van der Waals surface area contributed by atoms with Gasteiger partial charge in [0.1, 0.15) is 5.75 Å². The Bertz CT molecular complexity index is 709. The molecule has 0 aromatic heterocycles. The van der Waals surface area contributed by atoms with E-state index in [9.17, 15) is 9.59 Å². The Balaban J connectivity index is 2.09. The zero-order valence-electron chi connectivity index (χ0n) is 13.8. The highest BCUT2D eigenvalue weighted by Crippen LogP contribution is 2.20. The monoisotopic (exact) mass is 406 g/mol. The first kappa shape index (κ1) is 18.8. The molecule has 0 bridgehead atoms. The molecule has 1 N–H and O–H groups in total. The number of benzene rings is 2. The number of carbonyl (C=O) groups excluding carboxylic acids is 2. The predicted molar refractivity (Wildman–Crippen MR) is 101 cm³/mol. The molecule has 0 saturated heterocycles. The first-order valence-corrected chi connectivity index (χ1v) is 8.90. The molecule has 0 saturated carbocycles. The summed E-state index contributed by atoms with van der Waals surface area (Å²) in [4.78, 5) is 25.5. The Kier molecular flexibility index (Phi) is 7.28. The van der Waals surface area contributed by atoms with E-state index >= 15 is 0 Å². The zero-order valence-corrected chi connectivity index (χ0v) is 15.4. The minimum atomic E-state index is -0.559. The van der Waals surface area contributed by atoms with E-state index in [0.717, 1.165) is 5.69 Å². The lowest BCUT2D eigenvalue weighted by Gasteiger charge is -2.21. The van der Waals surface area contributed by atoms with Crippen LogP contribution in [0.15, 0.2) is 54.6 Å². The van der Waals surface area contributed by atoms with Crippen molar-refractivity contribution in [3.05, 3.63) is 54.6 Å². The van der Waals surface area contributed by atoms with Gasteiger partial charge in [0, 0.05) is 29.3 Å². The largest absolute Gasteiger partial charge is 0.450 e. The summed E-state index contributed by atoms with van der Waals surface area (Å²) in [6.45, 7) is 2.46. The normalized spacial score (nSPS) is 10.0. The van der Waals surface area contributed by atoms with Gasteiger partial charge in [-0.2, -0.15) is 0 Å². The van der Waals surface area contributed by atoms with Crippen LogP contribution in [0.4, 0.5) is 21.0 Å². The molecule has 0 aliphatic heterocycles. The van der Waals surface area contributed by atoms with Gasteiger partial charge in [-0.05, 0) is 31.2 Å². The summed E-state index contributed by atoms with van der Waals surface area (Å²) in [6, 6.07) is 15.8. The molecule has 0 radical (unpaired) electrons. The van der Waals surface area contributed by atoms with Gasteiger partial charge in [0.05, 0.1) is 6.61 Å². The van der Waals surface area contributed by atoms with Gasteiger partial charge >= 0.3 is 12.2 Å². The molecule has 2 aromatic carbocycles. The molecule has 2 rings (SSSR count). The van der Waals surface area contributed by atoms with Crippen molar-refractivity contribution in [3.63, 3.8) is 0 Å². The maximum Gasteiger partial charge on any atom is 0.419 e. The van der Waals surface area contributed by atoms with Crippen molar-refractivity contribution in [2.45, 2.75) is 6.92 Å². The van der Waals surface area contributed by atoms with Crippen LogP contribution in [0.2, 0.25) is 0 Å². The van der Waals surface area contributed by atoms with Gasteiger partial charge in [-0.1, -0.05) is 40.2 Å². The number of para-hydroxylation sites is 1. The van der Waals surface area contributed by atoms with E-state index in [-0.39, 0.29) is 6.61 Å². The molecule has 0 aliphatic rings. The third-order valence-corrected chi connectivity index (χ3v) is 3.51. The van der Waals surface area contributed by atoms with Crippen LogP contribution in [-0.2, 0) is 4.74 Å². The number of anilines is 2. The Hall–Kier alpha value is -2.54. The Morgan fingerprint density at radius 2 is 1.88 bits per heavy atom. The van der Waals surface area contributed by atoms with E-state index in [1.807, 2.05) is 30.3 Å². The van der Waals surface area contributed by atoms with Crippen LogP contribution in [0.1, 0.15) is 6.92 Å². The quantitative estimate of drug-likeness (QED) is 0.708. The second kappa shape index (κ2) is 9.68. The van der Waals surface area contributed by atoms with Crippen LogP contribution < -0.4 is 15.0 Å². The van der Waals surface area contributed by atoms with E-state index in [4.69, 9.17) is 9.47 Å². The van der Waals surface area contributed by atoms with Crippen molar-refractivity contribution in [2.75, 3.05) is 28.7 Å². The topological polar surface area (TPSA) is 67.9 Å². The summed E-state index contributed by atoms with van der Waals surface area (Å²) in [7, 11) is 0. The highest BCUT2D eigenvalue weighted by atomic mass is 79.9. The first-order chi connectivity index (χ1) is 12.1. The number of amides is 2. The van der Waals surface area contributed by atoms with Crippen LogP contribution in [0.5, 0.6) is 5.75 Å². The van der Waals surface area contributed by atoms with Crippen molar-refractivity contribution in [3.8, 4) is 5.75 Å². The molecule has 0 heterocycles. The van der Waals surface area contributed by atoms with Crippen molar-refractivity contribution < 1.29 is 19.1 Å². The Labute approximate surface area is 154 Å². The number of ether oxygens (including phenoxy) is 2. The maximum absolute atomic E-state index is 12.5. The lowest BCUT2D eigenvalue weighted by atomic mass is 10.3. The van der Waals surface area contributed by atoms with Crippen molar-refractivity contribution in [2.24, 2.45) is 0 Å². The molecule has 0 aliphatic carbocycles. The average molecular weight is 407 g/mol. The van der Waals surface area contributed by atoms with Crippen LogP contribution in [-0.4, -0.2) is 30.7 Å². The molecule has 0 spiro atoms. The standard InChI is InChI=1S/C18H19BrN2O4/c1-2-24-17(22)20-14-7-6-10-16(13-14)25-18(23)21(12-11-19)15-8-4-3-5-9-15/h3-10,13H,2,11-12H2,1H3,(H,20,22). The molecule has 2 amide bonds. The molecule has 6 nitrogen and oxygen atoms in total. The third-order valence-electron chi connectivity index (χ3n) is 3.16. The first-order valence-electron chi connectivity index (χ1n) is 7.78. The van der Waals surface area contributed by atoms with Gasteiger partial charge in [0.2, 0.25) is 0 Å². The van der Waals surface area contributed by atoms with Gasteiger partial charge in [0.25, 0.3) is 0 Å². The van der Waals surface area contributed by atoms with Crippen LogP contribution in [0.25, 0.3) is 0 Å².